The number of amides is 1. The lowest BCUT2D eigenvalue weighted by molar-refractivity contribution is -0.121. The van der Waals surface area contributed by atoms with Gasteiger partial charge in [-0.2, -0.15) is 0 Å². The summed E-state index contributed by atoms with van der Waals surface area (Å²) in [6, 6.07) is 6.51. The van der Waals surface area contributed by atoms with Gasteiger partial charge in [-0.1, -0.05) is 12.1 Å². The van der Waals surface area contributed by atoms with Crippen LogP contribution in [-0.4, -0.2) is 24.2 Å². The quantitative estimate of drug-likeness (QED) is 0.809. The van der Waals surface area contributed by atoms with Crippen molar-refractivity contribution >= 4 is 5.91 Å². The second-order valence-electron chi connectivity index (χ2n) is 4.89. The Hall–Kier alpha value is -1.42. The van der Waals surface area contributed by atoms with Gasteiger partial charge in [0.2, 0.25) is 5.91 Å². The number of carbonyl (C=O) groups is 1. The van der Waals surface area contributed by atoms with E-state index >= 15 is 0 Å². The molecule has 1 aromatic rings. The van der Waals surface area contributed by atoms with Crippen LogP contribution in [-0.2, 0) is 10.2 Å². The molecule has 1 aliphatic rings. The van der Waals surface area contributed by atoms with Crippen LogP contribution in [0.3, 0.4) is 0 Å². The Morgan fingerprint density at radius 3 is 2.56 bits per heavy atom. The maximum absolute atomic E-state index is 12.9. The second kappa shape index (κ2) is 5.48. The van der Waals surface area contributed by atoms with Gasteiger partial charge in [0.1, 0.15) is 5.82 Å². The Bertz CT molecular complexity index is 412. The molecule has 0 saturated heterocycles. The SMILES string of the molecule is O=C(CCCO)NCC1(c2ccc(F)cc2)CC1. The van der Waals surface area contributed by atoms with E-state index in [1.165, 1.54) is 12.1 Å². The van der Waals surface area contributed by atoms with E-state index in [1.807, 2.05) is 0 Å². The van der Waals surface area contributed by atoms with Gasteiger partial charge < -0.3 is 10.4 Å². The zero-order chi connectivity index (χ0) is 13.0. The molecule has 98 valence electrons. The summed E-state index contributed by atoms with van der Waals surface area (Å²) in [6.45, 7) is 0.638. The molecule has 0 atom stereocenters. The van der Waals surface area contributed by atoms with Crippen molar-refractivity contribution in [3.8, 4) is 0 Å². The van der Waals surface area contributed by atoms with Gasteiger partial charge in [-0.05, 0) is 37.0 Å². The Balaban J connectivity index is 1.88. The van der Waals surface area contributed by atoms with Gasteiger partial charge in [-0.3, -0.25) is 4.79 Å². The fraction of sp³-hybridized carbons (Fsp3) is 0.500. The van der Waals surface area contributed by atoms with E-state index in [1.54, 1.807) is 12.1 Å². The van der Waals surface area contributed by atoms with E-state index in [2.05, 4.69) is 5.32 Å². The fourth-order valence-electron chi connectivity index (χ4n) is 2.12. The molecule has 1 aliphatic carbocycles. The molecule has 1 saturated carbocycles. The summed E-state index contributed by atoms with van der Waals surface area (Å²) in [5, 5.41) is 11.5. The lowest BCUT2D eigenvalue weighted by Gasteiger charge is -2.16. The van der Waals surface area contributed by atoms with Gasteiger partial charge >= 0.3 is 0 Å². The first kappa shape index (κ1) is 13.0. The predicted octanol–water partition coefficient (Wildman–Crippen LogP) is 1.75. The largest absolute Gasteiger partial charge is 0.396 e. The molecule has 1 fully saturated rings. The first-order valence-electron chi connectivity index (χ1n) is 6.30. The molecule has 2 N–H and O–H groups in total. The average Bonchev–Trinajstić information content (AvgIpc) is 3.16. The van der Waals surface area contributed by atoms with Crippen LogP contribution in [0.1, 0.15) is 31.2 Å². The molecule has 2 rings (SSSR count). The summed E-state index contributed by atoms with van der Waals surface area (Å²) in [6.07, 6.45) is 2.91. The zero-order valence-electron chi connectivity index (χ0n) is 10.3. The fourth-order valence-corrected chi connectivity index (χ4v) is 2.12. The molecule has 0 unspecified atom stereocenters. The second-order valence-corrected chi connectivity index (χ2v) is 4.89. The third kappa shape index (κ3) is 3.07. The molecular formula is C14H18FNO2. The van der Waals surface area contributed by atoms with E-state index in [0.717, 1.165) is 18.4 Å². The molecule has 1 amide bonds. The van der Waals surface area contributed by atoms with Crippen LogP contribution in [0.2, 0.25) is 0 Å². The number of aliphatic hydroxyl groups is 1. The van der Waals surface area contributed by atoms with Crippen molar-refractivity contribution in [3.05, 3.63) is 35.6 Å². The Morgan fingerprint density at radius 2 is 2.00 bits per heavy atom. The molecule has 0 spiro atoms. The van der Waals surface area contributed by atoms with Crippen molar-refractivity contribution in [2.24, 2.45) is 0 Å². The molecule has 0 bridgehead atoms. The molecule has 0 radical (unpaired) electrons. The number of nitrogens with one attached hydrogen (secondary N) is 1. The number of carbonyl (C=O) groups excluding carboxylic acids is 1. The zero-order valence-corrected chi connectivity index (χ0v) is 10.3. The minimum absolute atomic E-state index is 0.00255. The minimum Gasteiger partial charge on any atom is -0.396 e. The Labute approximate surface area is 106 Å². The topological polar surface area (TPSA) is 49.3 Å². The van der Waals surface area contributed by atoms with E-state index in [-0.39, 0.29) is 23.7 Å². The summed E-state index contributed by atoms with van der Waals surface area (Å²) < 4.78 is 12.9. The third-order valence-corrected chi connectivity index (χ3v) is 3.50. The van der Waals surface area contributed by atoms with Crippen molar-refractivity contribution in [1.29, 1.82) is 0 Å². The third-order valence-electron chi connectivity index (χ3n) is 3.50. The van der Waals surface area contributed by atoms with Crippen molar-refractivity contribution in [2.45, 2.75) is 31.1 Å². The van der Waals surface area contributed by atoms with E-state index < -0.39 is 0 Å². The standard InChI is InChI=1S/C14H18FNO2/c15-12-5-3-11(4-6-12)14(7-8-14)10-16-13(18)2-1-9-17/h3-6,17H,1-2,7-10H2,(H,16,18). The highest BCUT2D eigenvalue weighted by Gasteiger charge is 2.44. The smallest absolute Gasteiger partial charge is 0.220 e. The maximum atomic E-state index is 12.9. The summed E-state index contributed by atoms with van der Waals surface area (Å²) in [4.78, 5) is 11.5. The number of hydrogen-bond acceptors (Lipinski definition) is 2. The number of halogens is 1. The Morgan fingerprint density at radius 1 is 1.33 bits per heavy atom. The normalized spacial score (nSPS) is 16.3. The van der Waals surface area contributed by atoms with Gasteiger partial charge in [-0.15, -0.1) is 0 Å². The summed E-state index contributed by atoms with van der Waals surface area (Å²) >= 11 is 0. The number of aliphatic hydroxyl groups excluding tert-OH is 1. The van der Waals surface area contributed by atoms with E-state index in [9.17, 15) is 9.18 Å². The maximum Gasteiger partial charge on any atom is 0.220 e. The highest BCUT2D eigenvalue weighted by molar-refractivity contribution is 5.76. The molecule has 0 aliphatic heterocycles. The average molecular weight is 251 g/mol. The van der Waals surface area contributed by atoms with Crippen LogP contribution in [0.15, 0.2) is 24.3 Å². The van der Waals surface area contributed by atoms with Crippen LogP contribution in [0.25, 0.3) is 0 Å². The molecular weight excluding hydrogens is 233 g/mol. The highest BCUT2D eigenvalue weighted by atomic mass is 19.1. The highest BCUT2D eigenvalue weighted by Crippen LogP contribution is 2.47. The van der Waals surface area contributed by atoms with Crippen molar-refractivity contribution in [2.75, 3.05) is 13.2 Å². The summed E-state index contributed by atoms with van der Waals surface area (Å²) in [5.74, 6) is -0.265. The molecule has 1 aromatic carbocycles. The monoisotopic (exact) mass is 251 g/mol. The van der Waals surface area contributed by atoms with Crippen LogP contribution >= 0.6 is 0 Å². The lowest BCUT2D eigenvalue weighted by atomic mass is 9.96. The molecule has 0 aromatic heterocycles. The van der Waals surface area contributed by atoms with Crippen molar-refractivity contribution in [1.82, 2.24) is 5.32 Å². The predicted molar refractivity (Wildman–Crippen MR) is 66.6 cm³/mol. The van der Waals surface area contributed by atoms with Crippen molar-refractivity contribution < 1.29 is 14.3 Å². The summed E-state index contributed by atoms with van der Waals surface area (Å²) in [5.41, 5.74) is 1.09. The van der Waals surface area contributed by atoms with Crippen LogP contribution in [0.5, 0.6) is 0 Å². The first-order valence-corrected chi connectivity index (χ1v) is 6.30. The van der Waals surface area contributed by atoms with E-state index in [4.69, 9.17) is 5.11 Å². The van der Waals surface area contributed by atoms with Gasteiger partial charge in [0.05, 0.1) is 0 Å². The van der Waals surface area contributed by atoms with Gasteiger partial charge in [-0.25, -0.2) is 4.39 Å². The first-order chi connectivity index (χ1) is 8.66. The molecule has 3 nitrogen and oxygen atoms in total. The van der Waals surface area contributed by atoms with Gasteiger partial charge in [0.15, 0.2) is 0 Å². The van der Waals surface area contributed by atoms with Crippen molar-refractivity contribution in [3.63, 3.8) is 0 Å². The lowest BCUT2D eigenvalue weighted by Crippen LogP contribution is -2.32. The Kier molecular flexibility index (Phi) is 3.97. The molecule has 4 heteroatoms. The van der Waals surface area contributed by atoms with Gasteiger partial charge in [0.25, 0.3) is 0 Å². The summed E-state index contributed by atoms with van der Waals surface area (Å²) in [7, 11) is 0. The number of rotatable bonds is 6. The minimum atomic E-state index is -0.235. The molecule has 18 heavy (non-hydrogen) atoms. The van der Waals surface area contributed by atoms with Crippen LogP contribution in [0.4, 0.5) is 4.39 Å². The number of hydrogen-bond donors (Lipinski definition) is 2. The molecule has 0 heterocycles. The van der Waals surface area contributed by atoms with E-state index in [0.29, 0.717) is 19.4 Å². The van der Waals surface area contributed by atoms with Crippen LogP contribution in [0, 0.1) is 5.82 Å². The van der Waals surface area contributed by atoms with Crippen LogP contribution < -0.4 is 5.32 Å². The van der Waals surface area contributed by atoms with Gasteiger partial charge in [0, 0.05) is 25.0 Å². The number of benzene rings is 1.